The van der Waals surface area contributed by atoms with Crippen LogP contribution in [0.4, 0.5) is 13.2 Å². The number of pyridine rings is 1. The highest BCUT2D eigenvalue weighted by Crippen LogP contribution is 2.15. The van der Waals surface area contributed by atoms with E-state index in [2.05, 4.69) is 10.3 Å². The van der Waals surface area contributed by atoms with Gasteiger partial charge in [-0.1, -0.05) is 13.0 Å². The summed E-state index contributed by atoms with van der Waals surface area (Å²) in [4.78, 5) is 5.49. The fraction of sp³-hybridized carbons (Fsp3) is 0.583. The van der Waals surface area contributed by atoms with Gasteiger partial charge in [-0.2, -0.15) is 13.2 Å². The third-order valence-electron chi connectivity index (χ3n) is 2.49. The van der Waals surface area contributed by atoms with Crippen molar-refractivity contribution in [1.29, 1.82) is 0 Å². The molecular formula is C12H18F3N3. The van der Waals surface area contributed by atoms with Gasteiger partial charge in [0.2, 0.25) is 0 Å². The molecule has 0 bridgehead atoms. The van der Waals surface area contributed by atoms with Crippen LogP contribution in [0.5, 0.6) is 0 Å². The second kappa shape index (κ2) is 7.33. The Morgan fingerprint density at radius 2 is 2.11 bits per heavy atom. The monoisotopic (exact) mass is 261 g/mol. The maximum absolute atomic E-state index is 12.2. The third kappa shape index (κ3) is 6.56. The number of hydrogen-bond donors (Lipinski definition) is 1. The number of likely N-dealkylation sites (N-methyl/N-ethyl adjacent to an activating group) is 1. The Kier molecular flexibility index (Phi) is 6.07. The van der Waals surface area contributed by atoms with Crippen LogP contribution in [-0.2, 0) is 6.54 Å². The SMILES string of the molecule is CCN(CCNCc1ccccn1)CC(F)(F)F. The van der Waals surface area contributed by atoms with Gasteiger partial charge in [-0.25, -0.2) is 0 Å². The van der Waals surface area contributed by atoms with Crippen LogP contribution in [0, 0.1) is 0 Å². The van der Waals surface area contributed by atoms with E-state index in [1.54, 1.807) is 13.1 Å². The predicted molar refractivity (Wildman–Crippen MR) is 64.1 cm³/mol. The minimum absolute atomic E-state index is 0.378. The molecule has 0 unspecified atom stereocenters. The molecule has 1 aromatic rings. The second-order valence-electron chi connectivity index (χ2n) is 3.98. The zero-order chi connectivity index (χ0) is 13.4. The fourth-order valence-corrected chi connectivity index (χ4v) is 1.56. The maximum atomic E-state index is 12.2. The zero-order valence-electron chi connectivity index (χ0n) is 10.4. The van der Waals surface area contributed by atoms with Gasteiger partial charge in [0.25, 0.3) is 0 Å². The molecule has 1 N–H and O–H groups in total. The Balaban J connectivity index is 2.20. The Morgan fingerprint density at radius 3 is 2.67 bits per heavy atom. The lowest BCUT2D eigenvalue weighted by Gasteiger charge is -2.21. The minimum Gasteiger partial charge on any atom is -0.310 e. The quantitative estimate of drug-likeness (QED) is 0.761. The molecule has 6 heteroatoms. The number of nitrogens with one attached hydrogen (secondary N) is 1. The first-order valence-electron chi connectivity index (χ1n) is 5.91. The Hall–Kier alpha value is -1.14. The number of nitrogens with zero attached hydrogens (tertiary/aromatic N) is 2. The summed E-state index contributed by atoms with van der Waals surface area (Å²) in [5.74, 6) is 0. The Labute approximate surface area is 105 Å². The van der Waals surface area contributed by atoms with Crippen LogP contribution in [0.3, 0.4) is 0 Å². The topological polar surface area (TPSA) is 28.2 Å². The lowest BCUT2D eigenvalue weighted by molar-refractivity contribution is -0.145. The van der Waals surface area contributed by atoms with Gasteiger partial charge in [0.15, 0.2) is 0 Å². The number of rotatable bonds is 7. The van der Waals surface area contributed by atoms with Crippen molar-refractivity contribution in [3.05, 3.63) is 30.1 Å². The van der Waals surface area contributed by atoms with E-state index in [1.165, 1.54) is 4.90 Å². The molecule has 0 radical (unpaired) electrons. The molecular weight excluding hydrogens is 243 g/mol. The van der Waals surface area contributed by atoms with Crippen molar-refractivity contribution in [2.75, 3.05) is 26.2 Å². The standard InChI is InChI=1S/C12H18F3N3/c1-2-18(10-12(13,14)15)8-7-16-9-11-5-3-4-6-17-11/h3-6,16H,2,7-10H2,1H3. The van der Waals surface area contributed by atoms with Gasteiger partial charge in [-0.15, -0.1) is 0 Å². The highest BCUT2D eigenvalue weighted by Gasteiger charge is 2.29. The lowest BCUT2D eigenvalue weighted by Crippen LogP contribution is -2.38. The summed E-state index contributed by atoms with van der Waals surface area (Å²) >= 11 is 0. The number of halogens is 3. The molecule has 0 aromatic carbocycles. The molecule has 0 fully saturated rings. The summed E-state index contributed by atoms with van der Waals surface area (Å²) in [6, 6.07) is 5.58. The second-order valence-corrected chi connectivity index (χ2v) is 3.98. The molecule has 0 spiro atoms. The average Bonchev–Trinajstić information content (AvgIpc) is 2.33. The minimum atomic E-state index is -4.13. The van der Waals surface area contributed by atoms with Crippen molar-refractivity contribution < 1.29 is 13.2 Å². The van der Waals surface area contributed by atoms with E-state index in [0.717, 1.165) is 5.69 Å². The van der Waals surface area contributed by atoms with Gasteiger partial charge < -0.3 is 5.32 Å². The highest BCUT2D eigenvalue weighted by molar-refractivity contribution is 5.02. The molecule has 0 atom stereocenters. The van der Waals surface area contributed by atoms with Crippen LogP contribution in [0.25, 0.3) is 0 Å². The summed E-state index contributed by atoms with van der Waals surface area (Å²) in [6.07, 6.45) is -2.43. The smallest absolute Gasteiger partial charge is 0.310 e. The van der Waals surface area contributed by atoms with Crippen molar-refractivity contribution in [3.63, 3.8) is 0 Å². The first-order valence-corrected chi connectivity index (χ1v) is 5.91. The number of aromatic nitrogens is 1. The summed E-state index contributed by atoms with van der Waals surface area (Å²) in [5.41, 5.74) is 0.886. The molecule has 102 valence electrons. The van der Waals surface area contributed by atoms with Gasteiger partial charge in [-0.3, -0.25) is 9.88 Å². The van der Waals surface area contributed by atoms with E-state index >= 15 is 0 Å². The molecule has 0 aliphatic rings. The summed E-state index contributed by atoms with van der Waals surface area (Å²) in [7, 11) is 0. The molecule has 1 heterocycles. The van der Waals surface area contributed by atoms with Crippen LogP contribution in [0.2, 0.25) is 0 Å². The molecule has 3 nitrogen and oxygen atoms in total. The van der Waals surface area contributed by atoms with E-state index in [-0.39, 0.29) is 0 Å². The van der Waals surface area contributed by atoms with Crippen LogP contribution in [0.15, 0.2) is 24.4 Å². The third-order valence-corrected chi connectivity index (χ3v) is 2.49. The predicted octanol–water partition coefficient (Wildman–Crippen LogP) is 2.06. The van der Waals surface area contributed by atoms with Crippen LogP contribution < -0.4 is 5.32 Å². The van der Waals surface area contributed by atoms with Crippen molar-refractivity contribution in [2.24, 2.45) is 0 Å². The van der Waals surface area contributed by atoms with Gasteiger partial charge in [-0.05, 0) is 18.7 Å². The van der Waals surface area contributed by atoms with Gasteiger partial charge in [0, 0.05) is 25.8 Å². The Morgan fingerprint density at radius 1 is 1.33 bits per heavy atom. The Bertz CT molecular complexity index is 327. The maximum Gasteiger partial charge on any atom is 0.401 e. The zero-order valence-corrected chi connectivity index (χ0v) is 10.4. The van der Waals surface area contributed by atoms with Crippen molar-refractivity contribution >= 4 is 0 Å². The van der Waals surface area contributed by atoms with Crippen molar-refractivity contribution in [2.45, 2.75) is 19.6 Å². The molecule has 0 saturated heterocycles. The van der Waals surface area contributed by atoms with Crippen molar-refractivity contribution in [3.8, 4) is 0 Å². The van der Waals surface area contributed by atoms with Crippen molar-refractivity contribution in [1.82, 2.24) is 15.2 Å². The van der Waals surface area contributed by atoms with E-state index < -0.39 is 12.7 Å². The first kappa shape index (κ1) is 14.9. The van der Waals surface area contributed by atoms with Crippen LogP contribution >= 0.6 is 0 Å². The van der Waals surface area contributed by atoms with E-state index in [0.29, 0.717) is 26.2 Å². The largest absolute Gasteiger partial charge is 0.401 e. The van der Waals surface area contributed by atoms with Crippen LogP contribution in [-0.4, -0.2) is 42.2 Å². The lowest BCUT2D eigenvalue weighted by atomic mass is 10.3. The molecule has 1 aromatic heterocycles. The normalized spacial score (nSPS) is 12.1. The average molecular weight is 261 g/mol. The molecule has 0 aliphatic heterocycles. The highest BCUT2D eigenvalue weighted by atomic mass is 19.4. The first-order chi connectivity index (χ1) is 8.51. The van der Waals surface area contributed by atoms with E-state index in [1.807, 2.05) is 18.2 Å². The molecule has 1 rings (SSSR count). The molecule has 0 aliphatic carbocycles. The van der Waals surface area contributed by atoms with Gasteiger partial charge in [0.05, 0.1) is 12.2 Å². The molecule has 0 saturated carbocycles. The van der Waals surface area contributed by atoms with E-state index in [4.69, 9.17) is 0 Å². The van der Waals surface area contributed by atoms with E-state index in [9.17, 15) is 13.2 Å². The molecule has 0 amide bonds. The van der Waals surface area contributed by atoms with Gasteiger partial charge >= 0.3 is 6.18 Å². The van der Waals surface area contributed by atoms with Crippen LogP contribution in [0.1, 0.15) is 12.6 Å². The van der Waals surface area contributed by atoms with Gasteiger partial charge in [0.1, 0.15) is 0 Å². The summed E-state index contributed by atoms with van der Waals surface area (Å²) in [5, 5.41) is 3.08. The summed E-state index contributed by atoms with van der Waals surface area (Å²) < 4.78 is 36.6. The molecule has 18 heavy (non-hydrogen) atoms. The summed E-state index contributed by atoms with van der Waals surface area (Å²) in [6.45, 7) is 2.73. The fourth-order valence-electron chi connectivity index (χ4n) is 1.56. The number of hydrogen-bond acceptors (Lipinski definition) is 3. The number of alkyl halides is 3.